The lowest BCUT2D eigenvalue weighted by molar-refractivity contribution is 0.0697. The minimum atomic E-state index is -0.987. The van der Waals surface area contributed by atoms with E-state index in [-0.39, 0.29) is 5.56 Å². The van der Waals surface area contributed by atoms with Crippen molar-refractivity contribution < 1.29 is 9.90 Å². The molecule has 6 heteroatoms. The molecule has 0 unspecified atom stereocenters. The van der Waals surface area contributed by atoms with Crippen LogP contribution in [-0.4, -0.2) is 30.6 Å². The predicted molar refractivity (Wildman–Crippen MR) is 52.4 cm³/mol. The number of aryl methyl sites for hydroxylation is 2. The van der Waals surface area contributed by atoms with Crippen molar-refractivity contribution in [2.24, 2.45) is 14.1 Å². The van der Waals surface area contributed by atoms with Crippen LogP contribution in [0.15, 0.2) is 18.5 Å². The molecule has 78 valence electrons. The van der Waals surface area contributed by atoms with Crippen LogP contribution in [0.5, 0.6) is 0 Å². The lowest BCUT2D eigenvalue weighted by Gasteiger charge is -2.03. The summed E-state index contributed by atoms with van der Waals surface area (Å²) in [5.41, 5.74) is 1.47. The molecule has 15 heavy (non-hydrogen) atoms. The summed E-state index contributed by atoms with van der Waals surface area (Å²) in [6, 6.07) is 1.75. The highest BCUT2D eigenvalue weighted by Crippen LogP contribution is 2.21. The first-order chi connectivity index (χ1) is 7.11. The van der Waals surface area contributed by atoms with Crippen LogP contribution in [0.25, 0.3) is 11.4 Å². The fourth-order valence-electron chi connectivity index (χ4n) is 1.50. The van der Waals surface area contributed by atoms with Gasteiger partial charge in [0.25, 0.3) is 0 Å². The van der Waals surface area contributed by atoms with Crippen LogP contribution in [0.4, 0.5) is 0 Å². The van der Waals surface area contributed by atoms with Crippen molar-refractivity contribution in [1.82, 2.24) is 19.6 Å². The summed E-state index contributed by atoms with van der Waals surface area (Å²) in [6.45, 7) is 0. The molecule has 0 atom stereocenters. The van der Waals surface area contributed by atoms with Crippen molar-refractivity contribution in [2.75, 3.05) is 0 Å². The lowest BCUT2D eigenvalue weighted by Crippen LogP contribution is -2.04. The number of carboxylic acids is 1. The Morgan fingerprint density at radius 3 is 2.60 bits per heavy atom. The molecule has 0 aliphatic rings. The van der Waals surface area contributed by atoms with Crippen LogP contribution < -0.4 is 0 Å². The van der Waals surface area contributed by atoms with Gasteiger partial charge in [-0.15, -0.1) is 0 Å². The fraction of sp³-hybridized carbons (Fsp3) is 0.222. The first-order valence-electron chi connectivity index (χ1n) is 4.35. The highest BCUT2D eigenvalue weighted by Gasteiger charge is 2.18. The second kappa shape index (κ2) is 3.23. The number of nitrogens with zero attached hydrogens (tertiary/aromatic N) is 4. The predicted octanol–water partition coefficient (Wildman–Crippen LogP) is 0.519. The van der Waals surface area contributed by atoms with Crippen LogP contribution in [0.1, 0.15) is 10.4 Å². The van der Waals surface area contributed by atoms with E-state index >= 15 is 0 Å². The van der Waals surface area contributed by atoms with Gasteiger partial charge in [-0.3, -0.25) is 9.36 Å². The van der Waals surface area contributed by atoms with E-state index in [4.69, 9.17) is 5.11 Å². The number of hydrogen-bond acceptors (Lipinski definition) is 3. The zero-order valence-electron chi connectivity index (χ0n) is 8.38. The Morgan fingerprint density at radius 2 is 2.07 bits per heavy atom. The van der Waals surface area contributed by atoms with Crippen molar-refractivity contribution in [1.29, 1.82) is 0 Å². The maximum atomic E-state index is 11.0. The summed E-state index contributed by atoms with van der Waals surface area (Å²) >= 11 is 0. The maximum absolute atomic E-state index is 11.0. The van der Waals surface area contributed by atoms with E-state index in [0.29, 0.717) is 5.69 Å². The van der Waals surface area contributed by atoms with Crippen molar-refractivity contribution in [3.8, 4) is 11.4 Å². The van der Waals surface area contributed by atoms with E-state index < -0.39 is 5.97 Å². The molecule has 0 spiro atoms. The Kier molecular flexibility index (Phi) is 2.03. The topological polar surface area (TPSA) is 72.9 Å². The highest BCUT2D eigenvalue weighted by molar-refractivity contribution is 5.94. The summed E-state index contributed by atoms with van der Waals surface area (Å²) in [7, 11) is 3.46. The molecule has 0 aliphatic heterocycles. The van der Waals surface area contributed by atoms with Crippen LogP contribution in [0, 0.1) is 0 Å². The Bertz CT molecular complexity index is 512. The Labute approximate surface area is 85.8 Å². The zero-order chi connectivity index (χ0) is 11.0. The van der Waals surface area contributed by atoms with Gasteiger partial charge in [0.05, 0.1) is 11.9 Å². The molecule has 0 bridgehead atoms. The minimum Gasteiger partial charge on any atom is -0.478 e. The molecular formula is C9H10N4O2. The summed E-state index contributed by atoms with van der Waals surface area (Å²) in [6.07, 6.45) is 2.96. The summed E-state index contributed by atoms with van der Waals surface area (Å²) in [4.78, 5) is 11.0. The fourth-order valence-corrected chi connectivity index (χ4v) is 1.50. The molecule has 0 radical (unpaired) electrons. The van der Waals surface area contributed by atoms with E-state index in [0.717, 1.165) is 5.69 Å². The number of carboxylic acid groups (broad SMARTS) is 1. The van der Waals surface area contributed by atoms with Gasteiger partial charge < -0.3 is 5.11 Å². The normalized spacial score (nSPS) is 10.5. The van der Waals surface area contributed by atoms with E-state index in [2.05, 4.69) is 10.2 Å². The van der Waals surface area contributed by atoms with E-state index in [9.17, 15) is 4.79 Å². The lowest BCUT2D eigenvalue weighted by atomic mass is 10.2. The highest BCUT2D eigenvalue weighted by atomic mass is 16.4. The van der Waals surface area contributed by atoms with Crippen molar-refractivity contribution in [2.45, 2.75) is 0 Å². The number of aromatic nitrogens is 4. The Morgan fingerprint density at radius 1 is 1.33 bits per heavy atom. The summed E-state index contributed by atoms with van der Waals surface area (Å²) in [5, 5.41) is 16.9. The van der Waals surface area contributed by atoms with Crippen molar-refractivity contribution in [3.05, 3.63) is 24.0 Å². The largest absolute Gasteiger partial charge is 0.478 e. The second-order valence-electron chi connectivity index (χ2n) is 3.18. The van der Waals surface area contributed by atoms with E-state index in [1.165, 1.54) is 10.9 Å². The number of aromatic carboxylic acids is 1. The van der Waals surface area contributed by atoms with Gasteiger partial charge >= 0.3 is 5.97 Å². The summed E-state index contributed by atoms with van der Waals surface area (Å²) < 4.78 is 3.14. The van der Waals surface area contributed by atoms with Gasteiger partial charge in [-0.25, -0.2) is 4.79 Å². The van der Waals surface area contributed by atoms with Gasteiger partial charge in [-0.2, -0.15) is 10.2 Å². The third kappa shape index (κ3) is 1.39. The zero-order valence-corrected chi connectivity index (χ0v) is 8.38. The first kappa shape index (κ1) is 9.45. The third-order valence-corrected chi connectivity index (χ3v) is 2.23. The average molecular weight is 206 g/mol. The van der Waals surface area contributed by atoms with Crippen molar-refractivity contribution >= 4 is 5.97 Å². The van der Waals surface area contributed by atoms with Gasteiger partial charge in [-0.1, -0.05) is 0 Å². The SMILES string of the molecule is Cn1nccc1-c1c(C(=O)O)cnn1C. The van der Waals surface area contributed by atoms with Gasteiger partial charge in [0.1, 0.15) is 11.3 Å². The molecule has 0 saturated carbocycles. The van der Waals surface area contributed by atoms with Crippen LogP contribution in [0.2, 0.25) is 0 Å². The summed E-state index contributed by atoms with van der Waals surface area (Å²) in [5.74, 6) is -0.987. The molecular weight excluding hydrogens is 196 g/mol. The molecule has 6 nitrogen and oxygen atoms in total. The molecule has 0 aliphatic carbocycles. The molecule has 2 heterocycles. The Balaban J connectivity index is 2.66. The molecule has 0 saturated heterocycles. The smallest absolute Gasteiger partial charge is 0.339 e. The molecule has 1 N–H and O–H groups in total. The molecule has 0 aromatic carbocycles. The maximum Gasteiger partial charge on any atom is 0.339 e. The van der Waals surface area contributed by atoms with Gasteiger partial charge in [-0.05, 0) is 6.07 Å². The molecule has 2 aromatic rings. The van der Waals surface area contributed by atoms with Gasteiger partial charge in [0.15, 0.2) is 0 Å². The number of carbonyl (C=O) groups is 1. The van der Waals surface area contributed by atoms with Crippen LogP contribution >= 0.6 is 0 Å². The molecule has 2 aromatic heterocycles. The van der Waals surface area contributed by atoms with Crippen LogP contribution in [-0.2, 0) is 14.1 Å². The Hall–Kier alpha value is -2.11. The minimum absolute atomic E-state index is 0.182. The van der Waals surface area contributed by atoms with Gasteiger partial charge in [0, 0.05) is 20.3 Å². The monoisotopic (exact) mass is 206 g/mol. The molecule has 0 fully saturated rings. The first-order valence-corrected chi connectivity index (χ1v) is 4.35. The van der Waals surface area contributed by atoms with Crippen LogP contribution in [0.3, 0.4) is 0 Å². The standard InChI is InChI=1S/C9H10N4O2/c1-12-7(3-4-10-12)8-6(9(14)15)5-11-13(8)2/h3-5H,1-2H3,(H,14,15). The van der Waals surface area contributed by atoms with Crippen molar-refractivity contribution in [3.63, 3.8) is 0 Å². The van der Waals surface area contributed by atoms with E-state index in [1.54, 1.807) is 31.0 Å². The number of rotatable bonds is 2. The molecule has 0 amide bonds. The second-order valence-corrected chi connectivity index (χ2v) is 3.18. The quantitative estimate of drug-likeness (QED) is 0.777. The average Bonchev–Trinajstić information content (AvgIpc) is 2.71. The van der Waals surface area contributed by atoms with E-state index in [1.807, 2.05) is 0 Å². The molecule has 2 rings (SSSR count). The third-order valence-electron chi connectivity index (χ3n) is 2.23. The van der Waals surface area contributed by atoms with Gasteiger partial charge in [0.2, 0.25) is 0 Å². The number of hydrogen-bond donors (Lipinski definition) is 1.